The lowest BCUT2D eigenvalue weighted by Crippen LogP contribution is -2.28. The summed E-state index contributed by atoms with van der Waals surface area (Å²) in [5, 5.41) is 9.51. The highest BCUT2D eigenvalue weighted by molar-refractivity contribution is 5.70. The van der Waals surface area contributed by atoms with Crippen molar-refractivity contribution in [2.45, 2.75) is 155 Å². The zero-order chi connectivity index (χ0) is 34.3. The van der Waals surface area contributed by atoms with Crippen LogP contribution in [-0.2, 0) is 19.1 Å². The van der Waals surface area contributed by atoms with E-state index in [1.807, 2.05) is 0 Å². The zero-order valence-electron chi connectivity index (χ0n) is 30.0. The van der Waals surface area contributed by atoms with E-state index < -0.39 is 6.10 Å². The van der Waals surface area contributed by atoms with Crippen LogP contribution in [0.3, 0.4) is 0 Å². The molecule has 266 valence electrons. The number of hydrogen-bond acceptors (Lipinski definition) is 5. The predicted molar refractivity (Wildman–Crippen MR) is 200 cm³/mol. The second-order valence-corrected chi connectivity index (χ2v) is 11.9. The normalized spacial score (nSPS) is 13.2. The summed E-state index contributed by atoms with van der Waals surface area (Å²) in [6.07, 6.45) is 50.8. The average Bonchev–Trinajstić information content (AvgIpc) is 3.07. The Balaban J connectivity index is 3.74. The van der Waals surface area contributed by atoms with Crippen LogP contribution in [0.1, 0.15) is 149 Å². The third kappa shape index (κ3) is 35.8. The Morgan fingerprint density at radius 3 is 1.36 bits per heavy atom. The van der Waals surface area contributed by atoms with Crippen molar-refractivity contribution >= 4 is 11.9 Å². The van der Waals surface area contributed by atoms with Gasteiger partial charge in [0, 0.05) is 12.8 Å². The Morgan fingerprint density at radius 1 is 0.511 bits per heavy atom. The van der Waals surface area contributed by atoms with Gasteiger partial charge in [0.2, 0.25) is 0 Å². The minimum atomic E-state index is -0.803. The van der Waals surface area contributed by atoms with Crippen molar-refractivity contribution in [3.63, 3.8) is 0 Å². The molecule has 1 atom stereocenters. The van der Waals surface area contributed by atoms with Crippen LogP contribution in [0.15, 0.2) is 85.1 Å². The molecular weight excluding hydrogens is 584 g/mol. The van der Waals surface area contributed by atoms with Crippen LogP contribution in [0, 0.1) is 0 Å². The Bertz CT molecular complexity index is 921. The summed E-state index contributed by atoms with van der Waals surface area (Å²) in [7, 11) is 0. The van der Waals surface area contributed by atoms with Gasteiger partial charge in [-0.25, -0.2) is 0 Å². The maximum atomic E-state index is 12.1. The van der Waals surface area contributed by atoms with Crippen LogP contribution in [-0.4, -0.2) is 36.4 Å². The van der Waals surface area contributed by atoms with Gasteiger partial charge in [-0.2, -0.15) is 0 Å². The van der Waals surface area contributed by atoms with Gasteiger partial charge < -0.3 is 14.6 Å². The lowest BCUT2D eigenvalue weighted by Gasteiger charge is -2.15. The summed E-state index contributed by atoms with van der Waals surface area (Å²) in [5.74, 6) is -0.670. The maximum absolute atomic E-state index is 12.1. The lowest BCUT2D eigenvalue weighted by atomic mass is 10.1. The molecule has 0 aliphatic rings. The Kier molecular flexibility index (Phi) is 35.2. The van der Waals surface area contributed by atoms with E-state index in [4.69, 9.17) is 9.47 Å². The Morgan fingerprint density at radius 2 is 0.915 bits per heavy atom. The summed E-state index contributed by atoms with van der Waals surface area (Å²) in [6, 6.07) is 0. The molecule has 0 aromatic heterocycles. The molecule has 0 amide bonds. The molecule has 0 aliphatic carbocycles. The highest BCUT2D eigenvalue weighted by Crippen LogP contribution is 2.12. The fourth-order valence-electron chi connectivity index (χ4n) is 4.66. The van der Waals surface area contributed by atoms with Crippen molar-refractivity contribution < 1.29 is 24.2 Å². The van der Waals surface area contributed by atoms with Crippen LogP contribution in [0.25, 0.3) is 0 Å². The van der Waals surface area contributed by atoms with Gasteiger partial charge >= 0.3 is 11.9 Å². The molecule has 0 saturated carbocycles. The zero-order valence-corrected chi connectivity index (χ0v) is 30.0. The first kappa shape index (κ1) is 44.1. The van der Waals surface area contributed by atoms with Gasteiger partial charge in [0.15, 0.2) is 6.10 Å². The number of allylic oxidation sites excluding steroid dienone is 14. The van der Waals surface area contributed by atoms with Crippen molar-refractivity contribution in [2.75, 3.05) is 13.2 Å². The minimum absolute atomic E-state index is 0.0926. The largest absolute Gasteiger partial charge is 0.462 e. The van der Waals surface area contributed by atoms with Crippen molar-refractivity contribution in [1.82, 2.24) is 0 Å². The Labute approximate surface area is 288 Å². The summed E-state index contributed by atoms with van der Waals surface area (Å²) < 4.78 is 10.5. The number of aliphatic hydroxyl groups is 1. The van der Waals surface area contributed by atoms with Gasteiger partial charge in [-0.05, 0) is 64.2 Å². The van der Waals surface area contributed by atoms with Crippen molar-refractivity contribution in [3.8, 4) is 0 Å². The molecule has 1 unspecified atom stereocenters. The molecule has 47 heavy (non-hydrogen) atoms. The molecule has 0 fully saturated rings. The van der Waals surface area contributed by atoms with Crippen LogP contribution < -0.4 is 0 Å². The molecule has 1 N–H and O–H groups in total. The third-order valence-corrected chi connectivity index (χ3v) is 7.45. The van der Waals surface area contributed by atoms with E-state index in [-0.39, 0.29) is 31.6 Å². The minimum Gasteiger partial charge on any atom is -0.462 e. The van der Waals surface area contributed by atoms with Crippen molar-refractivity contribution in [2.24, 2.45) is 0 Å². The first-order valence-corrected chi connectivity index (χ1v) is 18.6. The average molecular weight is 653 g/mol. The highest BCUT2D eigenvalue weighted by atomic mass is 16.6. The lowest BCUT2D eigenvalue weighted by molar-refractivity contribution is -0.161. The van der Waals surface area contributed by atoms with Gasteiger partial charge in [-0.15, -0.1) is 0 Å². The number of esters is 2. The second kappa shape index (κ2) is 37.5. The summed E-state index contributed by atoms with van der Waals surface area (Å²) in [4.78, 5) is 24.1. The van der Waals surface area contributed by atoms with Crippen molar-refractivity contribution in [1.29, 1.82) is 0 Å². The smallest absolute Gasteiger partial charge is 0.306 e. The van der Waals surface area contributed by atoms with Gasteiger partial charge in [0.05, 0.1) is 6.61 Å². The molecule has 0 saturated heterocycles. The van der Waals surface area contributed by atoms with Gasteiger partial charge in [0.25, 0.3) is 0 Å². The van der Waals surface area contributed by atoms with E-state index in [0.717, 1.165) is 70.6 Å². The molecule has 0 aromatic carbocycles. The molecule has 5 heteroatoms. The number of rotatable bonds is 32. The monoisotopic (exact) mass is 653 g/mol. The van der Waals surface area contributed by atoms with Crippen LogP contribution in [0.5, 0.6) is 0 Å². The number of carbonyl (C=O) groups is 2. The number of carbonyl (C=O) groups excluding carboxylic acids is 2. The highest BCUT2D eigenvalue weighted by Gasteiger charge is 2.15. The third-order valence-electron chi connectivity index (χ3n) is 7.45. The van der Waals surface area contributed by atoms with E-state index in [1.165, 1.54) is 44.9 Å². The Hall–Kier alpha value is -2.92. The van der Waals surface area contributed by atoms with Gasteiger partial charge in [-0.1, -0.05) is 157 Å². The quantitative estimate of drug-likeness (QED) is 0.0445. The number of aliphatic hydroxyl groups excluding tert-OH is 1. The fourth-order valence-corrected chi connectivity index (χ4v) is 4.66. The molecule has 0 rings (SSSR count). The first-order valence-electron chi connectivity index (χ1n) is 18.6. The molecule has 0 bridgehead atoms. The summed E-state index contributed by atoms with van der Waals surface area (Å²) in [5.41, 5.74) is 0. The van der Waals surface area contributed by atoms with Crippen LogP contribution in [0.4, 0.5) is 0 Å². The second-order valence-electron chi connectivity index (χ2n) is 11.9. The summed E-state index contributed by atoms with van der Waals surface area (Å²) in [6.45, 7) is 3.94. The molecule has 0 aromatic rings. The van der Waals surface area contributed by atoms with Crippen molar-refractivity contribution in [3.05, 3.63) is 85.1 Å². The van der Waals surface area contributed by atoms with Crippen LogP contribution in [0.2, 0.25) is 0 Å². The fraction of sp³-hybridized carbons (Fsp3) is 0.619. The molecular formula is C42H68O5. The van der Waals surface area contributed by atoms with E-state index >= 15 is 0 Å². The number of hydrogen-bond donors (Lipinski definition) is 1. The summed E-state index contributed by atoms with van der Waals surface area (Å²) >= 11 is 0. The standard InChI is InChI=1S/C42H68O5/c1-3-5-7-9-11-13-15-16-17-18-19-20-21-22-23-24-25-26-27-29-31-33-35-37-42(45)47-40(38-43)39-46-41(44)36-34-32-30-28-14-12-10-8-6-4-2/h5,7,11,13,16-17,19-20,22-23,25-26,29,31,40,43H,3-4,6,8-10,12,14-15,18,21,24,27-28,30,32-39H2,1-2H3/b7-5-,13-11-,17-16-,20-19-,23-22-,26-25-,31-29-. The maximum Gasteiger partial charge on any atom is 0.306 e. The predicted octanol–water partition coefficient (Wildman–Crippen LogP) is 11.6. The SMILES string of the molecule is CC/C=C\C/C=C\C/C=C\C/C=C\C/C=C\C/C=C\C/C=C\CCCC(=O)OC(CO)COC(=O)CCCCCCCCCCCC. The van der Waals surface area contributed by atoms with E-state index in [1.54, 1.807) is 0 Å². The topological polar surface area (TPSA) is 72.8 Å². The van der Waals surface area contributed by atoms with E-state index in [0.29, 0.717) is 12.8 Å². The van der Waals surface area contributed by atoms with Crippen LogP contribution >= 0.6 is 0 Å². The molecule has 0 spiro atoms. The molecule has 0 heterocycles. The molecule has 5 nitrogen and oxygen atoms in total. The van der Waals surface area contributed by atoms with E-state index in [2.05, 4.69) is 98.9 Å². The van der Waals surface area contributed by atoms with E-state index in [9.17, 15) is 14.7 Å². The number of ether oxygens (including phenoxy) is 2. The molecule has 0 aliphatic heterocycles. The van der Waals surface area contributed by atoms with Gasteiger partial charge in [-0.3, -0.25) is 9.59 Å². The molecule has 0 radical (unpaired) electrons. The van der Waals surface area contributed by atoms with Gasteiger partial charge in [0.1, 0.15) is 6.61 Å². The first-order chi connectivity index (χ1) is 23.1. The number of unbranched alkanes of at least 4 members (excludes halogenated alkanes) is 10.